The van der Waals surface area contributed by atoms with Crippen LogP contribution in [0.3, 0.4) is 0 Å². The maximum absolute atomic E-state index is 11.8. The minimum Gasteiger partial charge on any atom is -0.356 e. The van der Waals surface area contributed by atoms with E-state index < -0.39 is 0 Å². The van der Waals surface area contributed by atoms with Crippen molar-refractivity contribution in [1.82, 2.24) is 10.6 Å². The lowest BCUT2D eigenvalue weighted by molar-refractivity contribution is -0.121. The Morgan fingerprint density at radius 3 is 2.52 bits per heavy atom. The zero-order valence-electron chi connectivity index (χ0n) is 11.7. The maximum Gasteiger partial charge on any atom is 0.251 e. The van der Waals surface area contributed by atoms with Gasteiger partial charge in [-0.05, 0) is 37.6 Å². The van der Waals surface area contributed by atoms with Gasteiger partial charge in [-0.15, -0.1) is 12.4 Å². The molecule has 0 bridgehead atoms. The average Bonchev–Trinajstić information content (AvgIpc) is 2.44. The van der Waals surface area contributed by atoms with E-state index in [0.717, 1.165) is 4.47 Å². The van der Waals surface area contributed by atoms with Crippen LogP contribution in [0, 0.1) is 0 Å². The number of carbonyl (C=O) groups is 2. The monoisotopic (exact) mass is 377 g/mol. The van der Waals surface area contributed by atoms with Crippen LogP contribution in [0.5, 0.6) is 0 Å². The second-order valence-electron chi connectivity index (χ2n) is 4.36. The fourth-order valence-corrected chi connectivity index (χ4v) is 2.00. The molecule has 0 saturated carbocycles. The summed E-state index contributed by atoms with van der Waals surface area (Å²) >= 11 is 3.32. The van der Waals surface area contributed by atoms with Gasteiger partial charge in [0.1, 0.15) is 0 Å². The molecule has 21 heavy (non-hydrogen) atoms. The van der Waals surface area contributed by atoms with Gasteiger partial charge < -0.3 is 16.4 Å². The Kier molecular flexibility index (Phi) is 10.9. The first kappa shape index (κ1) is 19.9. The van der Waals surface area contributed by atoms with Gasteiger partial charge in [-0.3, -0.25) is 9.59 Å². The van der Waals surface area contributed by atoms with Crippen LogP contribution in [0.2, 0.25) is 0 Å². The van der Waals surface area contributed by atoms with Crippen molar-refractivity contribution in [2.45, 2.75) is 19.3 Å². The fourth-order valence-electron chi connectivity index (χ4n) is 1.60. The van der Waals surface area contributed by atoms with Crippen LogP contribution in [0.4, 0.5) is 0 Å². The summed E-state index contributed by atoms with van der Waals surface area (Å²) in [5, 5.41) is 5.60. The third kappa shape index (κ3) is 8.70. The predicted molar refractivity (Wildman–Crippen MR) is 89.6 cm³/mol. The summed E-state index contributed by atoms with van der Waals surface area (Å²) in [6.07, 6.45) is 1.86. The first-order valence-electron chi connectivity index (χ1n) is 6.64. The van der Waals surface area contributed by atoms with Crippen LogP contribution in [0.25, 0.3) is 0 Å². The van der Waals surface area contributed by atoms with Crippen molar-refractivity contribution in [2.75, 3.05) is 19.6 Å². The minimum atomic E-state index is -0.110. The van der Waals surface area contributed by atoms with Gasteiger partial charge in [-0.2, -0.15) is 0 Å². The highest BCUT2D eigenvalue weighted by Crippen LogP contribution is 2.11. The first-order chi connectivity index (χ1) is 9.63. The second kappa shape index (κ2) is 11.5. The third-order valence-electron chi connectivity index (χ3n) is 2.66. The van der Waals surface area contributed by atoms with E-state index >= 15 is 0 Å². The summed E-state index contributed by atoms with van der Waals surface area (Å²) < 4.78 is 0.873. The number of hydrogen-bond acceptors (Lipinski definition) is 3. The maximum atomic E-state index is 11.8. The predicted octanol–water partition coefficient (Wildman–Crippen LogP) is 1.85. The van der Waals surface area contributed by atoms with Gasteiger partial charge in [-0.1, -0.05) is 22.0 Å². The van der Waals surface area contributed by atoms with Crippen LogP contribution in [-0.4, -0.2) is 31.4 Å². The fraction of sp³-hybridized carbons (Fsp3) is 0.429. The molecular weight excluding hydrogens is 358 g/mol. The van der Waals surface area contributed by atoms with E-state index in [1.54, 1.807) is 12.1 Å². The zero-order valence-corrected chi connectivity index (χ0v) is 14.1. The van der Waals surface area contributed by atoms with Gasteiger partial charge in [-0.25, -0.2) is 0 Å². The lowest BCUT2D eigenvalue weighted by Crippen LogP contribution is -2.30. The van der Waals surface area contributed by atoms with Gasteiger partial charge in [0.2, 0.25) is 5.91 Å². The molecule has 0 heterocycles. The normalized spacial score (nSPS) is 9.62. The summed E-state index contributed by atoms with van der Waals surface area (Å²) in [6.45, 7) is 1.61. The third-order valence-corrected chi connectivity index (χ3v) is 3.15. The number of hydrogen-bond donors (Lipinski definition) is 3. The molecule has 0 atom stereocenters. The van der Waals surface area contributed by atoms with Gasteiger partial charge in [0.05, 0.1) is 0 Å². The summed E-state index contributed by atoms with van der Waals surface area (Å²) in [7, 11) is 0. The Morgan fingerprint density at radius 2 is 1.86 bits per heavy atom. The minimum absolute atomic E-state index is 0. The number of nitrogens with two attached hydrogens (primary N) is 1. The molecule has 4 N–H and O–H groups in total. The second-order valence-corrected chi connectivity index (χ2v) is 5.28. The Labute approximate surface area is 139 Å². The van der Waals surface area contributed by atoms with E-state index in [1.165, 1.54) is 0 Å². The van der Waals surface area contributed by atoms with Crippen LogP contribution in [-0.2, 0) is 4.79 Å². The molecule has 1 aromatic rings. The number of nitrogens with one attached hydrogen (secondary N) is 2. The molecule has 5 nitrogen and oxygen atoms in total. The van der Waals surface area contributed by atoms with E-state index in [2.05, 4.69) is 26.6 Å². The van der Waals surface area contributed by atoms with E-state index in [1.807, 2.05) is 12.1 Å². The zero-order chi connectivity index (χ0) is 14.8. The standard InChI is InChI=1S/C14H20BrN3O2.ClH/c15-12-5-1-4-11(10-12)14(20)18-9-3-8-17-13(19)6-2-7-16;/h1,4-5,10H,2-3,6-9,16H2,(H,17,19)(H,18,20);1H. The van der Waals surface area contributed by atoms with Crippen molar-refractivity contribution >= 4 is 40.2 Å². The number of amides is 2. The van der Waals surface area contributed by atoms with Gasteiger partial charge in [0.25, 0.3) is 5.91 Å². The van der Waals surface area contributed by atoms with E-state index in [9.17, 15) is 9.59 Å². The molecule has 0 radical (unpaired) electrons. The summed E-state index contributed by atoms with van der Waals surface area (Å²) in [5.41, 5.74) is 5.94. The first-order valence-corrected chi connectivity index (χ1v) is 7.43. The van der Waals surface area contributed by atoms with Gasteiger partial charge in [0, 0.05) is 29.5 Å². The summed E-state index contributed by atoms with van der Waals surface area (Å²) in [6, 6.07) is 7.21. The molecule has 0 aliphatic carbocycles. The molecule has 0 unspecified atom stereocenters. The highest BCUT2D eigenvalue weighted by Gasteiger charge is 2.05. The van der Waals surface area contributed by atoms with Crippen molar-refractivity contribution in [3.63, 3.8) is 0 Å². The molecule has 1 rings (SSSR count). The molecule has 0 aliphatic heterocycles. The molecule has 7 heteroatoms. The molecule has 0 fully saturated rings. The smallest absolute Gasteiger partial charge is 0.251 e. The van der Waals surface area contributed by atoms with Crippen molar-refractivity contribution in [3.05, 3.63) is 34.3 Å². The Morgan fingerprint density at radius 1 is 1.14 bits per heavy atom. The average molecular weight is 379 g/mol. The molecule has 0 aliphatic rings. The highest BCUT2D eigenvalue weighted by atomic mass is 79.9. The Hall–Kier alpha value is -1.11. The van der Waals surface area contributed by atoms with Crippen molar-refractivity contribution in [3.8, 4) is 0 Å². The molecule has 0 aromatic heterocycles. The van der Waals surface area contributed by atoms with Crippen LogP contribution in [0.15, 0.2) is 28.7 Å². The SMILES string of the molecule is Cl.NCCCC(=O)NCCCNC(=O)c1cccc(Br)c1. The van der Waals surface area contributed by atoms with Crippen molar-refractivity contribution in [1.29, 1.82) is 0 Å². The molecule has 118 valence electrons. The topological polar surface area (TPSA) is 84.2 Å². The Bertz CT molecular complexity index is 458. The number of carbonyl (C=O) groups excluding carboxylic acids is 2. The highest BCUT2D eigenvalue weighted by molar-refractivity contribution is 9.10. The summed E-state index contributed by atoms with van der Waals surface area (Å²) in [5.74, 6) is -0.102. The molecular formula is C14H21BrClN3O2. The molecule has 0 saturated heterocycles. The Balaban J connectivity index is 0.00000400. The van der Waals surface area contributed by atoms with Crippen LogP contribution >= 0.6 is 28.3 Å². The lowest BCUT2D eigenvalue weighted by atomic mass is 10.2. The van der Waals surface area contributed by atoms with Crippen LogP contribution in [0.1, 0.15) is 29.6 Å². The van der Waals surface area contributed by atoms with E-state index in [-0.39, 0.29) is 24.2 Å². The van der Waals surface area contributed by atoms with Crippen molar-refractivity contribution in [2.24, 2.45) is 5.73 Å². The van der Waals surface area contributed by atoms with E-state index in [4.69, 9.17) is 5.73 Å². The number of benzene rings is 1. The molecule has 1 aromatic carbocycles. The largest absolute Gasteiger partial charge is 0.356 e. The molecule has 0 spiro atoms. The quantitative estimate of drug-likeness (QED) is 0.604. The van der Waals surface area contributed by atoms with Crippen molar-refractivity contribution < 1.29 is 9.59 Å². The van der Waals surface area contributed by atoms with E-state index in [0.29, 0.717) is 44.5 Å². The van der Waals surface area contributed by atoms with Crippen LogP contribution < -0.4 is 16.4 Å². The lowest BCUT2D eigenvalue weighted by Gasteiger charge is -2.07. The number of rotatable bonds is 8. The van der Waals surface area contributed by atoms with Gasteiger partial charge >= 0.3 is 0 Å². The molecule has 2 amide bonds. The van der Waals surface area contributed by atoms with Gasteiger partial charge in [0.15, 0.2) is 0 Å². The summed E-state index contributed by atoms with van der Waals surface area (Å²) in [4.78, 5) is 23.1. The number of halogens is 2.